The van der Waals surface area contributed by atoms with Crippen LogP contribution in [0.1, 0.15) is 71.1 Å². The highest BCUT2D eigenvalue weighted by atomic mass is 16.3. The molecule has 0 aromatic carbocycles. The highest BCUT2D eigenvalue weighted by Crippen LogP contribution is 2.38. The Morgan fingerprint density at radius 1 is 1.27 bits per heavy atom. The third-order valence-electron chi connectivity index (χ3n) is 3.10. The summed E-state index contributed by atoms with van der Waals surface area (Å²) in [5.41, 5.74) is 1.59. The molecule has 0 aliphatic carbocycles. The Balaban J connectivity index is 2.93. The average molecular weight is 208 g/mol. The zero-order chi connectivity index (χ0) is 11.6. The van der Waals surface area contributed by atoms with E-state index in [-0.39, 0.29) is 5.41 Å². The van der Waals surface area contributed by atoms with Gasteiger partial charge in [0.25, 0.3) is 0 Å². The largest absolute Gasteiger partial charge is 0.469 e. The zero-order valence-electron chi connectivity index (χ0n) is 10.9. The molecular formula is C14H24O. The number of furan rings is 1. The lowest BCUT2D eigenvalue weighted by molar-refractivity contribution is 0.272. The molecule has 1 rings (SSSR count). The van der Waals surface area contributed by atoms with Crippen LogP contribution in [0.2, 0.25) is 0 Å². The van der Waals surface area contributed by atoms with Crippen LogP contribution in [0.25, 0.3) is 0 Å². The molecule has 0 saturated carbocycles. The molecule has 1 atom stereocenters. The summed E-state index contributed by atoms with van der Waals surface area (Å²) in [5.74, 6) is 2.22. The maximum Gasteiger partial charge on any atom is 0.107 e. The molecule has 0 spiro atoms. The molecule has 0 aliphatic rings. The fourth-order valence-corrected chi connectivity index (χ4v) is 2.09. The minimum absolute atomic E-state index is 0.279. The van der Waals surface area contributed by atoms with Gasteiger partial charge in [-0.15, -0.1) is 0 Å². The lowest BCUT2D eigenvalue weighted by Gasteiger charge is -2.27. The molecule has 15 heavy (non-hydrogen) atoms. The van der Waals surface area contributed by atoms with Crippen LogP contribution in [-0.4, -0.2) is 0 Å². The van der Waals surface area contributed by atoms with E-state index in [1.807, 2.05) is 6.26 Å². The second-order valence-corrected chi connectivity index (χ2v) is 5.76. The molecule has 0 amide bonds. The van der Waals surface area contributed by atoms with E-state index in [9.17, 15) is 0 Å². The van der Waals surface area contributed by atoms with Gasteiger partial charge in [0.1, 0.15) is 5.76 Å². The smallest absolute Gasteiger partial charge is 0.107 e. The predicted octanol–water partition coefficient (Wildman–Crippen LogP) is 4.94. The van der Waals surface area contributed by atoms with Crippen molar-refractivity contribution in [2.45, 2.75) is 59.8 Å². The van der Waals surface area contributed by atoms with Gasteiger partial charge >= 0.3 is 0 Å². The second-order valence-electron chi connectivity index (χ2n) is 5.76. The van der Waals surface area contributed by atoms with Crippen molar-refractivity contribution in [1.82, 2.24) is 0 Å². The van der Waals surface area contributed by atoms with Gasteiger partial charge in [-0.2, -0.15) is 0 Å². The summed E-state index contributed by atoms with van der Waals surface area (Å²) in [6.07, 6.45) is 3.04. The Bertz CT molecular complexity index is 301. The molecule has 0 aliphatic heterocycles. The molecule has 0 saturated heterocycles. The maximum absolute atomic E-state index is 5.71. The number of hydrogen-bond acceptors (Lipinski definition) is 1. The summed E-state index contributed by atoms with van der Waals surface area (Å²) >= 11 is 0. The normalized spacial score (nSPS) is 14.6. The maximum atomic E-state index is 5.71. The van der Waals surface area contributed by atoms with Crippen LogP contribution in [0.15, 0.2) is 16.7 Å². The molecule has 0 bridgehead atoms. The second kappa shape index (κ2) is 4.42. The van der Waals surface area contributed by atoms with E-state index >= 15 is 0 Å². The first kappa shape index (κ1) is 12.4. The van der Waals surface area contributed by atoms with Gasteiger partial charge in [-0.25, -0.2) is 0 Å². The van der Waals surface area contributed by atoms with Gasteiger partial charge in [-0.3, -0.25) is 0 Å². The average Bonchev–Trinajstić information content (AvgIpc) is 2.51. The van der Waals surface area contributed by atoms with Crippen LogP contribution in [0.5, 0.6) is 0 Å². The molecular weight excluding hydrogens is 184 g/mol. The van der Waals surface area contributed by atoms with E-state index in [1.165, 1.54) is 5.56 Å². The van der Waals surface area contributed by atoms with Crippen molar-refractivity contribution in [1.29, 1.82) is 0 Å². The van der Waals surface area contributed by atoms with Crippen LogP contribution < -0.4 is 0 Å². The summed E-state index contributed by atoms with van der Waals surface area (Å²) in [7, 11) is 0. The molecule has 86 valence electrons. The van der Waals surface area contributed by atoms with E-state index in [4.69, 9.17) is 4.42 Å². The van der Waals surface area contributed by atoms with Gasteiger partial charge in [-0.05, 0) is 29.4 Å². The summed E-state index contributed by atoms with van der Waals surface area (Å²) in [6, 6.07) is 2.23. The van der Waals surface area contributed by atoms with E-state index in [0.717, 1.165) is 12.2 Å². The summed E-state index contributed by atoms with van der Waals surface area (Å²) < 4.78 is 5.71. The van der Waals surface area contributed by atoms with Crippen molar-refractivity contribution in [3.05, 3.63) is 23.7 Å². The van der Waals surface area contributed by atoms with Crippen LogP contribution in [0, 0.1) is 5.41 Å². The Kier molecular flexibility index (Phi) is 3.64. The molecule has 1 heterocycles. The van der Waals surface area contributed by atoms with Gasteiger partial charge in [0.2, 0.25) is 0 Å². The van der Waals surface area contributed by atoms with Crippen LogP contribution >= 0.6 is 0 Å². The summed E-state index contributed by atoms with van der Waals surface area (Å²) in [4.78, 5) is 0. The lowest BCUT2D eigenvalue weighted by atomic mass is 9.77. The molecule has 1 aromatic heterocycles. The first-order valence-corrected chi connectivity index (χ1v) is 5.94. The van der Waals surface area contributed by atoms with Gasteiger partial charge in [0, 0.05) is 5.92 Å². The Morgan fingerprint density at radius 3 is 2.20 bits per heavy atom. The Labute approximate surface area is 93.9 Å². The molecule has 1 aromatic rings. The molecule has 0 radical (unpaired) electrons. The van der Waals surface area contributed by atoms with Crippen LogP contribution in [-0.2, 0) is 0 Å². The SMILES string of the molecule is CC[C@@H](c1cc(C(C)C)co1)C(C)(C)C. The van der Waals surface area contributed by atoms with Gasteiger partial charge in [-0.1, -0.05) is 41.5 Å². The topological polar surface area (TPSA) is 13.1 Å². The minimum Gasteiger partial charge on any atom is -0.469 e. The number of hydrogen-bond donors (Lipinski definition) is 0. The Hall–Kier alpha value is -0.720. The zero-order valence-corrected chi connectivity index (χ0v) is 10.9. The molecule has 1 nitrogen and oxygen atoms in total. The predicted molar refractivity (Wildman–Crippen MR) is 65.3 cm³/mol. The third-order valence-corrected chi connectivity index (χ3v) is 3.10. The quantitative estimate of drug-likeness (QED) is 0.685. The van der Waals surface area contributed by atoms with Crippen LogP contribution in [0.4, 0.5) is 0 Å². The van der Waals surface area contributed by atoms with Crippen molar-refractivity contribution in [2.75, 3.05) is 0 Å². The van der Waals surface area contributed by atoms with Crippen molar-refractivity contribution in [2.24, 2.45) is 5.41 Å². The Morgan fingerprint density at radius 2 is 1.87 bits per heavy atom. The van der Waals surface area contributed by atoms with Crippen molar-refractivity contribution >= 4 is 0 Å². The first-order chi connectivity index (χ1) is 6.86. The van der Waals surface area contributed by atoms with E-state index in [1.54, 1.807) is 0 Å². The van der Waals surface area contributed by atoms with E-state index < -0.39 is 0 Å². The summed E-state index contributed by atoms with van der Waals surface area (Å²) in [5, 5.41) is 0. The summed E-state index contributed by atoms with van der Waals surface area (Å²) in [6.45, 7) is 13.5. The lowest BCUT2D eigenvalue weighted by Crippen LogP contribution is -2.17. The van der Waals surface area contributed by atoms with Crippen LogP contribution in [0.3, 0.4) is 0 Å². The fourth-order valence-electron chi connectivity index (χ4n) is 2.09. The van der Waals surface area contributed by atoms with Gasteiger partial charge in [0.05, 0.1) is 6.26 Å². The fraction of sp³-hybridized carbons (Fsp3) is 0.714. The van der Waals surface area contributed by atoms with Crippen molar-refractivity contribution in [3.8, 4) is 0 Å². The molecule has 0 fully saturated rings. The first-order valence-electron chi connectivity index (χ1n) is 5.94. The van der Waals surface area contributed by atoms with Crippen molar-refractivity contribution in [3.63, 3.8) is 0 Å². The van der Waals surface area contributed by atoms with Crippen molar-refractivity contribution < 1.29 is 4.42 Å². The number of rotatable bonds is 3. The van der Waals surface area contributed by atoms with Gasteiger partial charge < -0.3 is 4.42 Å². The third kappa shape index (κ3) is 2.87. The molecule has 0 N–H and O–H groups in total. The highest BCUT2D eigenvalue weighted by Gasteiger charge is 2.27. The molecule has 1 heteroatoms. The standard InChI is InChI=1S/C14H24O/c1-7-12(14(4,5)6)13-8-11(9-15-13)10(2)3/h8-10,12H,7H2,1-6H3/t12-/m0/s1. The van der Waals surface area contributed by atoms with E-state index in [2.05, 4.69) is 47.6 Å². The minimum atomic E-state index is 0.279. The van der Waals surface area contributed by atoms with Gasteiger partial charge in [0.15, 0.2) is 0 Å². The molecule has 0 unspecified atom stereocenters. The highest BCUT2D eigenvalue weighted by molar-refractivity contribution is 5.20. The monoisotopic (exact) mass is 208 g/mol. The van der Waals surface area contributed by atoms with E-state index in [0.29, 0.717) is 11.8 Å².